The van der Waals surface area contributed by atoms with Crippen molar-refractivity contribution in [1.82, 2.24) is 9.97 Å². The van der Waals surface area contributed by atoms with Gasteiger partial charge in [-0.15, -0.1) is 0 Å². The summed E-state index contributed by atoms with van der Waals surface area (Å²) in [4.78, 5) is 8.12. The summed E-state index contributed by atoms with van der Waals surface area (Å²) >= 11 is 0. The Labute approximate surface area is 95.5 Å². The Morgan fingerprint density at radius 2 is 1.79 bits per heavy atom. The second-order valence-electron chi connectivity index (χ2n) is 2.59. The molecule has 66 valence electrons. The fraction of sp³-hybridized carbons (Fsp3) is 0. The molecule has 2 aromatic heterocycles. The second kappa shape index (κ2) is 4.80. The Kier molecular flexibility index (Phi) is 3.70. The van der Waals surface area contributed by atoms with Gasteiger partial charge in [0.15, 0.2) is 0 Å². The van der Waals surface area contributed by atoms with Gasteiger partial charge in [0.25, 0.3) is 0 Å². The normalized spacial score (nSPS) is 9.14. The van der Waals surface area contributed by atoms with Crippen LogP contribution in [0, 0.1) is 0 Å². The molecular formula is C10H9LiN2O. The van der Waals surface area contributed by atoms with Crippen LogP contribution in [0.25, 0.3) is 11.4 Å². The molecule has 0 spiro atoms. The average molecular weight is 180 g/mol. The van der Waals surface area contributed by atoms with E-state index in [0.29, 0.717) is 11.4 Å². The average Bonchev–Trinajstić information content (AvgIpc) is 2.20. The maximum absolute atomic E-state index is 9.46. The molecule has 2 aromatic rings. The predicted molar refractivity (Wildman–Crippen MR) is 50.2 cm³/mol. The van der Waals surface area contributed by atoms with Crippen molar-refractivity contribution in [3.8, 4) is 17.1 Å². The van der Waals surface area contributed by atoms with Crippen molar-refractivity contribution in [3.63, 3.8) is 0 Å². The summed E-state index contributed by atoms with van der Waals surface area (Å²) in [5.41, 5.74) is 1.20. The van der Waals surface area contributed by atoms with Crippen LogP contribution in [-0.4, -0.2) is 15.1 Å². The van der Waals surface area contributed by atoms with Crippen molar-refractivity contribution in [2.75, 3.05) is 0 Å². The van der Waals surface area contributed by atoms with Gasteiger partial charge in [-0.25, -0.2) is 0 Å². The Hall–Kier alpha value is -1.30. The van der Waals surface area contributed by atoms with E-state index in [9.17, 15) is 5.11 Å². The molecule has 1 N–H and O–H groups in total. The minimum Gasteiger partial charge on any atom is -1.00 e. The minimum atomic E-state index is 0. The smallest absolute Gasteiger partial charge is 1.00 e. The second-order valence-corrected chi connectivity index (χ2v) is 2.59. The fourth-order valence-electron chi connectivity index (χ4n) is 1.10. The van der Waals surface area contributed by atoms with Crippen LogP contribution in [0.5, 0.6) is 5.75 Å². The topological polar surface area (TPSA) is 46.0 Å². The number of aromatic nitrogens is 2. The molecule has 0 radical (unpaired) electrons. The summed E-state index contributed by atoms with van der Waals surface area (Å²) < 4.78 is 0. The first-order valence-electron chi connectivity index (χ1n) is 3.93. The Morgan fingerprint density at radius 1 is 1.00 bits per heavy atom. The largest absolute Gasteiger partial charge is 1.00 e. The monoisotopic (exact) mass is 180 g/mol. The SMILES string of the molecule is Oc1cccnc1-c1ccccn1.[H-].[Li+]. The molecule has 3 nitrogen and oxygen atoms in total. The number of rotatable bonds is 1. The van der Waals surface area contributed by atoms with Crippen molar-refractivity contribution in [2.24, 2.45) is 0 Å². The predicted octanol–water partition coefficient (Wildman–Crippen LogP) is -1.03. The maximum Gasteiger partial charge on any atom is 1.00 e. The number of nitrogens with zero attached hydrogens (tertiary/aromatic N) is 2. The van der Waals surface area contributed by atoms with Crippen molar-refractivity contribution < 1.29 is 25.4 Å². The number of aromatic hydroxyl groups is 1. The van der Waals surface area contributed by atoms with E-state index in [2.05, 4.69) is 9.97 Å². The van der Waals surface area contributed by atoms with Crippen LogP contribution in [0.3, 0.4) is 0 Å². The van der Waals surface area contributed by atoms with Gasteiger partial charge in [-0.1, -0.05) is 6.07 Å². The van der Waals surface area contributed by atoms with Crippen molar-refractivity contribution in [3.05, 3.63) is 42.7 Å². The zero-order valence-corrected chi connectivity index (χ0v) is 7.88. The maximum atomic E-state index is 9.46. The Bertz CT molecular complexity index is 411. The van der Waals surface area contributed by atoms with Gasteiger partial charge in [0, 0.05) is 12.4 Å². The minimum absolute atomic E-state index is 0. The van der Waals surface area contributed by atoms with Crippen molar-refractivity contribution in [1.29, 1.82) is 0 Å². The van der Waals surface area contributed by atoms with Crippen LogP contribution < -0.4 is 18.9 Å². The van der Waals surface area contributed by atoms with E-state index in [-0.39, 0.29) is 26.0 Å². The number of pyridine rings is 2. The third kappa shape index (κ3) is 2.14. The first kappa shape index (κ1) is 10.8. The summed E-state index contributed by atoms with van der Waals surface area (Å²) in [6, 6.07) is 8.76. The van der Waals surface area contributed by atoms with Gasteiger partial charge in [0.2, 0.25) is 0 Å². The van der Waals surface area contributed by atoms with E-state index < -0.39 is 0 Å². The molecule has 0 bridgehead atoms. The van der Waals surface area contributed by atoms with E-state index in [1.807, 2.05) is 18.2 Å². The fourth-order valence-corrected chi connectivity index (χ4v) is 1.10. The molecule has 0 amide bonds. The molecular weight excluding hydrogens is 171 g/mol. The van der Waals surface area contributed by atoms with Gasteiger partial charge < -0.3 is 6.53 Å². The molecule has 14 heavy (non-hydrogen) atoms. The summed E-state index contributed by atoms with van der Waals surface area (Å²) in [5, 5.41) is 9.46. The van der Waals surface area contributed by atoms with Crippen LogP contribution in [0.4, 0.5) is 0 Å². The molecule has 0 aliphatic heterocycles. The summed E-state index contributed by atoms with van der Waals surface area (Å²) in [6.07, 6.45) is 3.30. The quantitative estimate of drug-likeness (QED) is 0.570. The molecule has 0 aliphatic carbocycles. The van der Waals surface area contributed by atoms with Crippen LogP contribution >= 0.6 is 0 Å². The molecule has 2 rings (SSSR count). The van der Waals surface area contributed by atoms with Gasteiger partial charge >= 0.3 is 18.9 Å². The summed E-state index contributed by atoms with van der Waals surface area (Å²) in [7, 11) is 0. The third-order valence-corrected chi connectivity index (χ3v) is 1.69. The molecule has 0 saturated heterocycles. The zero-order chi connectivity index (χ0) is 9.10. The first-order valence-corrected chi connectivity index (χ1v) is 3.93. The Balaban J connectivity index is 0.000000980. The van der Waals surface area contributed by atoms with Crippen LogP contribution in [0.1, 0.15) is 1.43 Å². The molecule has 0 aliphatic rings. The van der Waals surface area contributed by atoms with E-state index in [4.69, 9.17) is 0 Å². The number of hydrogen-bond donors (Lipinski definition) is 1. The van der Waals surface area contributed by atoms with Gasteiger partial charge in [-0.3, -0.25) is 9.97 Å². The van der Waals surface area contributed by atoms with Crippen LogP contribution in [-0.2, 0) is 0 Å². The molecule has 2 heterocycles. The van der Waals surface area contributed by atoms with Crippen molar-refractivity contribution in [2.45, 2.75) is 0 Å². The molecule has 0 unspecified atom stereocenters. The van der Waals surface area contributed by atoms with Gasteiger partial charge in [0.1, 0.15) is 11.4 Å². The third-order valence-electron chi connectivity index (χ3n) is 1.69. The molecule has 0 saturated carbocycles. The van der Waals surface area contributed by atoms with Gasteiger partial charge in [0.05, 0.1) is 5.69 Å². The summed E-state index contributed by atoms with van der Waals surface area (Å²) in [6.45, 7) is 0. The van der Waals surface area contributed by atoms with E-state index in [1.165, 1.54) is 0 Å². The van der Waals surface area contributed by atoms with Gasteiger partial charge in [-0.05, 0) is 24.3 Å². The summed E-state index contributed by atoms with van der Waals surface area (Å²) in [5.74, 6) is 0.154. The van der Waals surface area contributed by atoms with Crippen LogP contribution in [0.15, 0.2) is 42.7 Å². The zero-order valence-electron chi connectivity index (χ0n) is 8.88. The van der Waals surface area contributed by atoms with Crippen LogP contribution in [0.2, 0.25) is 0 Å². The van der Waals surface area contributed by atoms with E-state index in [0.717, 1.165) is 0 Å². The molecule has 4 heteroatoms. The number of hydrogen-bond acceptors (Lipinski definition) is 3. The van der Waals surface area contributed by atoms with E-state index >= 15 is 0 Å². The van der Waals surface area contributed by atoms with E-state index in [1.54, 1.807) is 24.5 Å². The Morgan fingerprint density at radius 3 is 2.43 bits per heavy atom. The van der Waals surface area contributed by atoms with Gasteiger partial charge in [-0.2, -0.15) is 0 Å². The first-order chi connectivity index (χ1) is 6.38. The van der Waals surface area contributed by atoms with Crippen molar-refractivity contribution >= 4 is 0 Å². The standard InChI is InChI=1S/C10H8N2O.Li.H/c13-9-5-3-7-12-10(9)8-4-1-2-6-11-8;;/h1-7,13H;;/q;+1;-1. The molecule has 0 aromatic carbocycles. The molecule has 0 atom stereocenters. The molecule has 0 fully saturated rings.